The standard InChI is InChI=1S/C18H27NO3/c20-16-12-8-6-4-2-1-3-5-7-9-13-17-14-10-11-15-18(17)19(21)22/h10-11,14-16H,1-9,12-13H2. The highest BCUT2D eigenvalue weighted by Crippen LogP contribution is 2.20. The number of aldehydes is 1. The lowest BCUT2D eigenvalue weighted by Gasteiger charge is -2.04. The summed E-state index contributed by atoms with van der Waals surface area (Å²) in [5, 5.41) is 10.9. The van der Waals surface area contributed by atoms with E-state index in [1.165, 1.54) is 32.1 Å². The van der Waals surface area contributed by atoms with Crippen LogP contribution in [0.25, 0.3) is 0 Å². The molecule has 0 heterocycles. The number of aryl methyl sites for hydroxylation is 1. The van der Waals surface area contributed by atoms with Crippen LogP contribution in [0.5, 0.6) is 0 Å². The molecule has 0 aromatic heterocycles. The summed E-state index contributed by atoms with van der Waals surface area (Å²) in [7, 11) is 0. The van der Waals surface area contributed by atoms with E-state index in [1.807, 2.05) is 12.1 Å². The molecule has 0 saturated heterocycles. The first-order valence-electron chi connectivity index (χ1n) is 8.41. The first-order valence-corrected chi connectivity index (χ1v) is 8.41. The lowest BCUT2D eigenvalue weighted by Crippen LogP contribution is -1.95. The van der Waals surface area contributed by atoms with Crippen LogP contribution in [0.4, 0.5) is 5.69 Å². The van der Waals surface area contributed by atoms with E-state index in [0.29, 0.717) is 6.42 Å². The van der Waals surface area contributed by atoms with Crippen LogP contribution in [0, 0.1) is 10.1 Å². The number of nitrogens with zero attached hydrogens (tertiary/aromatic N) is 1. The van der Waals surface area contributed by atoms with Gasteiger partial charge in [-0.2, -0.15) is 0 Å². The molecule has 0 fully saturated rings. The van der Waals surface area contributed by atoms with Crippen molar-refractivity contribution in [3.8, 4) is 0 Å². The Kier molecular flexibility index (Phi) is 9.92. The summed E-state index contributed by atoms with van der Waals surface area (Å²) < 4.78 is 0. The Morgan fingerprint density at radius 3 is 2.00 bits per heavy atom. The Labute approximate surface area is 133 Å². The zero-order valence-electron chi connectivity index (χ0n) is 13.3. The quantitative estimate of drug-likeness (QED) is 0.217. The molecular formula is C18H27NO3. The van der Waals surface area contributed by atoms with Crippen molar-refractivity contribution in [2.45, 2.75) is 70.6 Å². The Balaban J connectivity index is 2.02. The molecule has 1 aromatic carbocycles. The van der Waals surface area contributed by atoms with Crippen LogP contribution in [0.1, 0.15) is 69.8 Å². The van der Waals surface area contributed by atoms with E-state index in [2.05, 4.69) is 0 Å². The Bertz CT molecular complexity index is 446. The van der Waals surface area contributed by atoms with Crippen molar-refractivity contribution in [1.82, 2.24) is 0 Å². The number of carbonyl (C=O) groups excluding carboxylic acids is 1. The van der Waals surface area contributed by atoms with Crippen molar-refractivity contribution >= 4 is 12.0 Å². The van der Waals surface area contributed by atoms with Crippen molar-refractivity contribution in [3.63, 3.8) is 0 Å². The minimum Gasteiger partial charge on any atom is -0.303 e. The number of para-hydroxylation sites is 1. The molecule has 0 aliphatic heterocycles. The number of hydrogen-bond donors (Lipinski definition) is 0. The molecule has 1 aromatic rings. The molecule has 1 rings (SSSR count). The Morgan fingerprint density at radius 2 is 1.41 bits per heavy atom. The maximum absolute atomic E-state index is 10.9. The molecule has 0 aliphatic carbocycles. The van der Waals surface area contributed by atoms with Gasteiger partial charge in [-0.25, -0.2) is 0 Å². The molecule has 0 unspecified atom stereocenters. The van der Waals surface area contributed by atoms with Gasteiger partial charge in [0.25, 0.3) is 5.69 Å². The highest BCUT2D eigenvalue weighted by Gasteiger charge is 2.11. The number of rotatable bonds is 13. The number of unbranched alkanes of at least 4 members (excludes halogenated alkanes) is 9. The van der Waals surface area contributed by atoms with E-state index < -0.39 is 0 Å². The minimum absolute atomic E-state index is 0.248. The molecule has 0 amide bonds. The van der Waals surface area contributed by atoms with Crippen LogP contribution in [0.3, 0.4) is 0 Å². The first-order chi connectivity index (χ1) is 10.8. The van der Waals surface area contributed by atoms with E-state index in [9.17, 15) is 14.9 Å². The normalized spacial score (nSPS) is 10.5. The predicted octanol–water partition coefficient (Wildman–Crippen LogP) is 5.24. The summed E-state index contributed by atoms with van der Waals surface area (Å²) in [4.78, 5) is 20.8. The Hall–Kier alpha value is -1.71. The molecule has 0 atom stereocenters. The summed E-state index contributed by atoms with van der Waals surface area (Å²) in [6, 6.07) is 7.03. The number of nitro benzene ring substituents is 1. The number of carbonyl (C=O) groups is 1. The lowest BCUT2D eigenvalue weighted by atomic mass is 10.0. The zero-order valence-corrected chi connectivity index (χ0v) is 13.3. The van der Waals surface area contributed by atoms with Gasteiger partial charge in [0.05, 0.1) is 4.92 Å². The third-order valence-electron chi connectivity index (χ3n) is 3.96. The van der Waals surface area contributed by atoms with E-state index in [0.717, 1.165) is 44.0 Å². The van der Waals surface area contributed by atoms with E-state index >= 15 is 0 Å². The summed E-state index contributed by atoms with van der Waals surface area (Å²) in [5.41, 5.74) is 1.10. The van der Waals surface area contributed by atoms with Crippen molar-refractivity contribution < 1.29 is 9.72 Å². The third kappa shape index (κ3) is 7.91. The minimum atomic E-state index is -0.292. The molecule has 4 heteroatoms. The van der Waals surface area contributed by atoms with Gasteiger partial charge in [-0.05, 0) is 19.3 Å². The average molecular weight is 305 g/mol. The van der Waals surface area contributed by atoms with E-state index in [4.69, 9.17) is 0 Å². The number of nitro groups is 1. The third-order valence-corrected chi connectivity index (χ3v) is 3.96. The van der Waals surface area contributed by atoms with Crippen LogP contribution >= 0.6 is 0 Å². The second-order valence-electron chi connectivity index (χ2n) is 5.77. The van der Waals surface area contributed by atoms with Gasteiger partial charge >= 0.3 is 0 Å². The highest BCUT2D eigenvalue weighted by molar-refractivity contribution is 5.48. The zero-order chi connectivity index (χ0) is 16.0. The predicted molar refractivity (Wildman–Crippen MR) is 89.0 cm³/mol. The smallest absolute Gasteiger partial charge is 0.272 e. The number of benzene rings is 1. The van der Waals surface area contributed by atoms with Crippen LogP contribution in [-0.4, -0.2) is 11.2 Å². The fourth-order valence-corrected chi connectivity index (χ4v) is 2.68. The van der Waals surface area contributed by atoms with Crippen LogP contribution in [0.15, 0.2) is 24.3 Å². The molecule has 122 valence electrons. The molecule has 22 heavy (non-hydrogen) atoms. The maximum Gasteiger partial charge on any atom is 0.272 e. The topological polar surface area (TPSA) is 60.2 Å². The molecule has 0 saturated carbocycles. The van der Waals surface area contributed by atoms with Gasteiger partial charge in [-0.3, -0.25) is 10.1 Å². The van der Waals surface area contributed by atoms with Gasteiger partial charge in [-0.1, -0.05) is 63.1 Å². The monoisotopic (exact) mass is 305 g/mol. The van der Waals surface area contributed by atoms with Gasteiger partial charge in [0.15, 0.2) is 0 Å². The molecule has 0 aliphatic rings. The maximum atomic E-state index is 10.9. The molecule has 4 nitrogen and oxygen atoms in total. The van der Waals surface area contributed by atoms with Crippen LogP contribution in [-0.2, 0) is 11.2 Å². The summed E-state index contributed by atoms with van der Waals surface area (Å²) in [5.74, 6) is 0. The van der Waals surface area contributed by atoms with Gasteiger partial charge in [0, 0.05) is 18.1 Å². The van der Waals surface area contributed by atoms with Gasteiger partial charge < -0.3 is 4.79 Å². The average Bonchev–Trinajstić information content (AvgIpc) is 2.53. The molecule has 0 bridgehead atoms. The summed E-state index contributed by atoms with van der Waals surface area (Å²) in [6.45, 7) is 0. The van der Waals surface area contributed by atoms with E-state index in [1.54, 1.807) is 12.1 Å². The first kappa shape index (κ1) is 18.3. The second-order valence-corrected chi connectivity index (χ2v) is 5.77. The lowest BCUT2D eigenvalue weighted by molar-refractivity contribution is -0.385. The largest absolute Gasteiger partial charge is 0.303 e. The van der Waals surface area contributed by atoms with Crippen molar-refractivity contribution in [2.24, 2.45) is 0 Å². The van der Waals surface area contributed by atoms with Crippen molar-refractivity contribution in [2.75, 3.05) is 0 Å². The molecule has 0 spiro atoms. The van der Waals surface area contributed by atoms with Gasteiger partial charge in [0.2, 0.25) is 0 Å². The summed E-state index contributed by atoms with van der Waals surface area (Å²) >= 11 is 0. The summed E-state index contributed by atoms with van der Waals surface area (Å²) in [6.07, 6.45) is 13.0. The highest BCUT2D eigenvalue weighted by atomic mass is 16.6. The molecule has 0 radical (unpaired) electrons. The molecule has 0 N–H and O–H groups in total. The van der Waals surface area contributed by atoms with Crippen LogP contribution < -0.4 is 0 Å². The van der Waals surface area contributed by atoms with Gasteiger partial charge in [0.1, 0.15) is 6.29 Å². The fraction of sp³-hybridized carbons (Fsp3) is 0.611. The number of hydrogen-bond acceptors (Lipinski definition) is 3. The van der Waals surface area contributed by atoms with Crippen LogP contribution in [0.2, 0.25) is 0 Å². The van der Waals surface area contributed by atoms with Crippen molar-refractivity contribution in [3.05, 3.63) is 39.9 Å². The molecular weight excluding hydrogens is 278 g/mol. The Morgan fingerprint density at radius 1 is 0.864 bits per heavy atom. The van der Waals surface area contributed by atoms with Gasteiger partial charge in [-0.15, -0.1) is 0 Å². The second kappa shape index (κ2) is 11.9. The SMILES string of the molecule is O=CCCCCCCCCCCCc1ccccc1[N+](=O)[O-]. The van der Waals surface area contributed by atoms with E-state index in [-0.39, 0.29) is 10.6 Å². The van der Waals surface area contributed by atoms with Crippen molar-refractivity contribution in [1.29, 1.82) is 0 Å². The fourth-order valence-electron chi connectivity index (χ4n) is 2.68.